The molecule has 0 unspecified atom stereocenters. The molecule has 3 aromatic rings. The van der Waals surface area contributed by atoms with Crippen molar-refractivity contribution in [3.8, 4) is 11.5 Å². The second kappa shape index (κ2) is 7.30. The summed E-state index contributed by atoms with van der Waals surface area (Å²) >= 11 is 0. The van der Waals surface area contributed by atoms with E-state index in [1.165, 1.54) is 18.2 Å². The van der Waals surface area contributed by atoms with E-state index in [0.29, 0.717) is 11.1 Å². The third-order valence-corrected chi connectivity index (χ3v) is 3.64. The van der Waals surface area contributed by atoms with Crippen LogP contribution in [0.4, 0.5) is 13.2 Å². The monoisotopic (exact) mass is 344 g/mol. The van der Waals surface area contributed by atoms with Crippen molar-refractivity contribution in [3.63, 3.8) is 0 Å². The molecule has 0 N–H and O–H groups in total. The van der Waals surface area contributed by atoms with Crippen LogP contribution in [-0.2, 0) is 6.61 Å². The highest BCUT2D eigenvalue weighted by Crippen LogP contribution is 2.25. The first-order valence-corrected chi connectivity index (χ1v) is 7.60. The topological polar surface area (TPSA) is 18.5 Å². The summed E-state index contributed by atoms with van der Waals surface area (Å²) in [5.74, 6) is -1.30. The fourth-order valence-electron chi connectivity index (χ4n) is 2.40. The van der Waals surface area contributed by atoms with Gasteiger partial charge in [0.2, 0.25) is 0 Å². The number of hydrogen-bond donors (Lipinski definition) is 0. The van der Waals surface area contributed by atoms with E-state index in [-0.39, 0.29) is 30.3 Å². The van der Waals surface area contributed by atoms with Crippen LogP contribution in [0.3, 0.4) is 0 Å². The maximum absolute atomic E-state index is 14.1. The summed E-state index contributed by atoms with van der Waals surface area (Å²) in [6.45, 7) is 3.36. The minimum absolute atomic E-state index is 0.0892. The van der Waals surface area contributed by atoms with Crippen LogP contribution in [0.15, 0.2) is 61.2 Å². The van der Waals surface area contributed by atoms with Gasteiger partial charge in [0, 0.05) is 12.1 Å². The van der Waals surface area contributed by atoms with Gasteiger partial charge in [-0.2, -0.15) is 0 Å². The van der Waals surface area contributed by atoms with E-state index in [4.69, 9.17) is 9.47 Å². The van der Waals surface area contributed by atoms with Crippen LogP contribution in [0.2, 0.25) is 0 Å². The zero-order valence-electron chi connectivity index (χ0n) is 13.3. The molecule has 0 aromatic heterocycles. The molecule has 0 amide bonds. The average Bonchev–Trinajstić information content (AvgIpc) is 2.59. The van der Waals surface area contributed by atoms with Crippen LogP contribution in [0, 0.1) is 17.5 Å². The molecule has 0 spiro atoms. The smallest absolute Gasteiger partial charge is 0.136 e. The van der Waals surface area contributed by atoms with Gasteiger partial charge in [-0.1, -0.05) is 24.8 Å². The molecule has 0 radical (unpaired) electrons. The molecule has 0 aliphatic carbocycles. The molecule has 0 aliphatic rings. The van der Waals surface area contributed by atoms with Gasteiger partial charge in [0.1, 0.15) is 42.2 Å². The Morgan fingerprint density at radius 3 is 2.20 bits per heavy atom. The second-order valence-corrected chi connectivity index (χ2v) is 5.41. The van der Waals surface area contributed by atoms with E-state index in [0.717, 1.165) is 17.5 Å². The molecule has 0 saturated carbocycles. The highest BCUT2D eigenvalue weighted by molar-refractivity contribution is 5.83. The summed E-state index contributed by atoms with van der Waals surface area (Å²) in [5.41, 5.74) is -0.190. The van der Waals surface area contributed by atoms with Crippen LogP contribution in [0.1, 0.15) is 5.56 Å². The normalized spacial score (nSPS) is 10.7. The fourth-order valence-corrected chi connectivity index (χ4v) is 2.40. The molecular formula is C20H15F3O2. The number of rotatable bonds is 6. The van der Waals surface area contributed by atoms with Crippen molar-refractivity contribution in [2.45, 2.75) is 6.61 Å². The first-order valence-electron chi connectivity index (χ1n) is 7.60. The molecule has 5 heteroatoms. The standard InChI is InChI=1S/C20H15F3O2/c1-2-7-24-17-10-19(22)18(20(23)11-17)12-25-16-6-4-13-8-15(21)5-3-14(13)9-16/h2-6,8-11H,1,7,12H2. The van der Waals surface area contributed by atoms with Crippen LogP contribution < -0.4 is 9.47 Å². The summed E-state index contributed by atoms with van der Waals surface area (Å²) in [5, 5.41) is 1.49. The van der Waals surface area contributed by atoms with Crippen LogP contribution in [0.5, 0.6) is 11.5 Å². The summed E-state index contributed by atoms with van der Waals surface area (Å²) < 4.78 is 51.9. The van der Waals surface area contributed by atoms with Crippen LogP contribution >= 0.6 is 0 Å². The van der Waals surface area contributed by atoms with Gasteiger partial charge in [0.15, 0.2) is 0 Å². The second-order valence-electron chi connectivity index (χ2n) is 5.41. The van der Waals surface area contributed by atoms with E-state index in [9.17, 15) is 13.2 Å². The van der Waals surface area contributed by atoms with Crippen LogP contribution in [-0.4, -0.2) is 6.61 Å². The molecule has 0 aliphatic heterocycles. The van der Waals surface area contributed by atoms with Gasteiger partial charge in [-0.3, -0.25) is 0 Å². The van der Waals surface area contributed by atoms with Crippen LogP contribution in [0.25, 0.3) is 10.8 Å². The number of fused-ring (bicyclic) bond motifs is 1. The summed E-state index contributed by atoms with van der Waals surface area (Å²) in [6.07, 6.45) is 1.48. The van der Waals surface area contributed by atoms with Crippen molar-refractivity contribution in [3.05, 3.63) is 84.2 Å². The average molecular weight is 344 g/mol. The summed E-state index contributed by atoms with van der Waals surface area (Å²) in [4.78, 5) is 0. The van der Waals surface area contributed by atoms with Gasteiger partial charge >= 0.3 is 0 Å². The Kier molecular flexibility index (Phi) is 4.93. The Morgan fingerprint density at radius 1 is 0.800 bits per heavy atom. The quantitative estimate of drug-likeness (QED) is 0.557. The highest BCUT2D eigenvalue weighted by Gasteiger charge is 2.13. The van der Waals surface area contributed by atoms with E-state index >= 15 is 0 Å². The molecule has 25 heavy (non-hydrogen) atoms. The van der Waals surface area contributed by atoms with Gasteiger partial charge in [-0.15, -0.1) is 0 Å². The number of halogens is 3. The maximum atomic E-state index is 14.1. The predicted octanol–water partition coefficient (Wildman–Crippen LogP) is 5.40. The van der Waals surface area contributed by atoms with Crippen molar-refractivity contribution in [2.75, 3.05) is 6.61 Å². The third kappa shape index (κ3) is 3.94. The van der Waals surface area contributed by atoms with Crippen molar-refractivity contribution >= 4 is 10.8 Å². The largest absolute Gasteiger partial charge is 0.489 e. The van der Waals surface area contributed by atoms with Crippen molar-refractivity contribution < 1.29 is 22.6 Å². The first-order chi connectivity index (χ1) is 12.1. The van der Waals surface area contributed by atoms with E-state index in [1.807, 2.05) is 0 Å². The molecule has 0 heterocycles. The fraction of sp³-hybridized carbons (Fsp3) is 0.100. The summed E-state index contributed by atoms with van der Waals surface area (Å²) in [6, 6.07) is 11.6. The maximum Gasteiger partial charge on any atom is 0.136 e. The molecule has 0 bridgehead atoms. The molecule has 128 valence electrons. The SMILES string of the molecule is C=CCOc1cc(F)c(COc2ccc3cc(F)ccc3c2)c(F)c1. The number of hydrogen-bond acceptors (Lipinski definition) is 2. The zero-order valence-corrected chi connectivity index (χ0v) is 13.3. The molecular weight excluding hydrogens is 329 g/mol. The van der Waals surface area contributed by atoms with Gasteiger partial charge in [0.25, 0.3) is 0 Å². The zero-order chi connectivity index (χ0) is 17.8. The Balaban J connectivity index is 1.77. The Morgan fingerprint density at radius 2 is 1.48 bits per heavy atom. The van der Waals surface area contributed by atoms with E-state index in [2.05, 4.69) is 6.58 Å². The highest BCUT2D eigenvalue weighted by atomic mass is 19.1. The van der Waals surface area contributed by atoms with Crippen molar-refractivity contribution in [1.29, 1.82) is 0 Å². The Bertz CT molecular complexity index is 899. The number of benzene rings is 3. The van der Waals surface area contributed by atoms with E-state index < -0.39 is 11.6 Å². The lowest BCUT2D eigenvalue weighted by Crippen LogP contribution is -2.04. The van der Waals surface area contributed by atoms with Gasteiger partial charge in [-0.25, -0.2) is 13.2 Å². The van der Waals surface area contributed by atoms with Gasteiger partial charge < -0.3 is 9.47 Å². The Hall–Kier alpha value is -2.95. The van der Waals surface area contributed by atoms with Gasteiger partial charge in [-0.05, 0) is 35.0 Å². The Labute approximate surface area is 143 Å². The molecule has 2 nitrogen and oxygen atoms in total. The lowest BCUT2D eigenvalue weighted by atomic mass is 10.1. The van der Waals surface area contributed by atoms with E-state index in [1.54, 1.807) is 24.3 Å². The minimum atomic E-state index is -0.748. The predicted molar refractivity (Wildman–Crippen MR) is 90.3 cm³/mol. The lowest BCUT2D eigenvalue weighted by Gasteiger charge is -2.11. The molecule has 0 fully saturated rings. The molecule has 0 atom stereocenters. The van der Waals surface area contributed by atoms with Crippen molar-refractivity contribution in [2.24, 2.45) is 0 Å². The molecule has 3 aromatic carbocycles. The third-order valence-electron chi connectivity index (χ3n) is 3.64. The lowest BCUT2D eigenvalue weighted by molar-refractivity contribution is 0.291. The molecule has 0 saturated heterocycles. The van der Waals surface area contributed by atoms with Gasteiger partial charge in [0.05, 0.1) is 5.56 Å². The molecule has 3 rings (SSSR count). The van der Waals surface area contributed by atoms with Crippen molar-refractivity contribution in [1.82, 2.24) is 0 Å². The summed E-state index contributed by atoms with van der Waals surface area (Å²) in [7, 11) is 0. The minimum Gasteiger partial charge on any atom is -0.489 e. The first kappa shape index (κ1) is 16.9. The number of ether oxygens (including phenoxy) is 2.